The van der Waals surface area contributed by atoms with Crippen molar-refractivity contribution in [1.29, 1.82) is 0 Å². The zero-order chi connectivity index (χ0) is 17.0. The third kappa shape index (κ3) is 3.79. The molecule has 4 N–H and O–H groups in total. The smallest absolute Gasteiger partial charge is 0.326 e. The summed E-state index contributed by atoms with van der Waals surface area (Å²) >= 11 is 0. The minimum Gasteiger partial charge on any atom is -0.480 e. The Morgan fingerprint density at radius 2 is 1.65 bits per heavy atom. The molecular formula is C14H22N4O5. The Morgan fingerprint density at radius 1 is 1.04 bits per heavy atom. The lowest BCUT2D eigenvalue weighted by Crippen LogP contribution is -2.52. The fourth-order valence-corrected chi connectivity index (χ4v) is 3.15. The van der Waals surface area contributed by atoms with Crippen LogP contribution in [-0.2, 0) is 19.2 Å². The highest BCUT2D eigenvalue weighted by atomic mass is 16.4. The quantitative estimate of drug-likeness (QED) is 0.542. The van der Waals surface area contributed by atoms with E-state index < -0.39 is 24.0 Å². The number of amides is 3. The van der Waals surface area contributed by atoms with Gasteiger partial charge in [0.05, 0.1) is 13.1 Å². The van der Waals surface area contributed by atoms with Crippen molar-refractivity contribution in [3.63, 3.8) is 0 Å². The molecule has 0 saturated carbocycles. The van der Waals surface area contributed by atoms with E-state index in [0.29, 0.717) is 38.8 Å². The molecule has 3 amide bonds. The maximum absolute atomic E-state index is 12.6. The number of hydrogen-bond donors (Lipinski definition) is 3. The van der Waals surface area contributed by atoms with Crippen LogP contribution in [0.1, 0.15) is 25.7 Å². The van der Waals surface area contributed by atoms with E-state index in [-0.39, 0.29) is 24.9 Å². The molecule has 9 nitrogen and oxygen atoms in total. The van der Waals surface area contributed by atoms with Gasteiger partial charge in [-0.25, -0.2) is 4.79 Å². The highest BCUT2D eigenvalue weighted by Crippen LogP contribution is 2.24. The van der Waals surface area contributed by atoms with Gasteiger partial charge in [0.25, 0.3) is 0 Å². The standard InChI is InChI=1S/C14H22N4O5/c15-7-11(19)16-8-12(20)17-5-1-3-9(17)13(21)18-6-2-4-10(18)14(22)23/h9-10H,1-8,15H2,(H,16,19)(H,22,23). The van der Waals surface area contributed by atoms with Crippen LogP contribution in [-0.4, -0.2) is 76.9 Å². The number of rotatable bonds is 5. The zero-order valence-corrected chi connectivity index (χ0v) is 12.9. The predicted molar refractivity (Wildman–Crippen MR) is 79.2 cm³/mol. The number of hydrogen-bond acceptors (Lipinski definition) is 5. The molecule has 0 aliphatic carbocycles. The molecule has 0 spiro atoms. The third-order valence-electron chi connectivity index (χ3n) is 4.30. The number of nitrogens with zero attached hydrogens (tertiary/aromatic N) is 2. The molecule has 2 fully saturated rings. The van der Waals surface area contributed by atoms with Crippen molar-refractivity contribution in [2.24, 2.45) is 5.73 Å². The Balaban J connectivity index is 2.00. The molecular weight excluding hydrogens is 304 g/mol. The molecule has 2 aliphatic rings. The van der Waals surface area contributed by atoms with Crippen molar-refractivity contribution >= 4 is 23.7 Å². The number of carboxylic acids is 1. The molecule has 2 unspecified atom stereocenters. The fourth-order valence-electron chi connectivity index (χ4n) is 3.15. The summed E-state index contributed by atoms with van der Waals surface area (Å²) in [5.74, 6) is -2.12. The van der Waals surface area contributed by atoms with Gasteiger partial charge in [-0.15, -0.1) is 0 Å². The van der Waals surface area contributed by atoms with Gasteiger partial charge in [0.1, 0.15) is 12.1 Å². The number of carboxylic acid groups (broad SMARTS) is 1. The lowest BCUT2D eigenvalue weighted by Gasteiger charge is -2.30. The number of aliphatic carboxylic acids is 1. The largest absolute Gasteiger partial charge is 0.480 e. The van der Waals surface area contributed by atoms with Crippen LogP contribution in [0.2, 0.25) is 0 Å². The molecule has 0 aromatic rings. The Labute approximate surface area is 133 Å². The van der Waals surface area contributed by atoms with Crippen molar-refractivity contribution in [2.45, 2.75) is 37.8 Å². The molecule has 0 bridgehead atoms. The van der Waals surface area contributed by atoms with Crippen molar-refractivity contribution in [3.05, 3.63) is 0 Å². The lowest BCUT2D eigenvalue weighted by atomic mass is 10.1. The molecule has 2 saturated heterocycles. The van der Waals surface area contributed by atoms with Crippen LogP contribution >= 0.6 is 0 Å². The Bertz CT molecular complexity index is 509. The SMILES string of the molecule is NCC(=O)NCC(=O)N1CCCC1C(=O)N1CCCC1C(=O)O. The van der Waals surface area contributed by atoms with Gasteiger partial charge in [-0.1, -0.05) is 0 Å². The molecule has 128 valence electrons. The second kappa shape index (κ2) is 7.40. The predicted octanol–water partition coefficient (Wildman–Crippen LogP) is -1.87. The maximum atomic E-state index is 12.6. The van der Waals surface area contributed by atoms with Crippen LogP contribution in [0.5, 0.6) is 0 Å². The van der Waals surface area contributed by atoms with Crippen LogP contribution in [0.3, 0.4) is 0 Å². The van der Waals surface area contributed by atoms with Gasteiger partial charge >= 0.3 is 5.97 Å². The number of nitrogens with one attached hydrogen (secondary N) is 1. The summed E-state index contributed by atoms with van der Waals surface area (Å²) in [7, 11) is 0. The van der Waals surface area contributed by atoms with Gasteiger partial charge in [0.2, 0.25) is 17.7 Å². The van der Waals surface area contributed by atoms with Crippen molar-refractivity contribution < 1.29 is 24.3 Å². The van der Waals surface area contributed by atoms with E-state index in [2.05, 4.69) is 5.32 Å². The van der Waals surface area contributed by atoms with Crippen LogP contribution < -0.4 is 11.1 Å². The van der Waals surface area contributed by atoms with E-state index in [0.717, 1.165) is 0 Å². The first kappa shape index (κ1) is 17.2. The van der Waals surface area contributed by atoms with Gasteiger partial charge in [0, 0.05) is 13.1 Å². The van der Waals surface area contributed by atoms with Gasteiger partial charge < -0.3 is 26.0 Å². The van der Waals surface area contributed by atoms with Crippen LogP contribution in [0, 0.1) is 0 Å². The average molecular weight is 326 g/mol. The number of likely N-dealkylation sites (tertiary alicyclic amines) is 2. The van der Waals surface area contributed by atoms with Crippen molar-refractivity contribution in [3.8, 4) is 0 Å². The lowest BCUT2D eigenvalue weighted by molar-refractivity contribution is -0.151. The topological polar surface area (TPSA) is 133 Å². The summed E-state index contributed by atoms with van der Waals surface area (Å²) in [4.78, 5) is 50.0. The first-order valence-corrected chi connectivity index (χ1v) is 7.75. The molecule has 2 atom stereocenters. The number of nitrogens with two attached hydrogens (primary N) is 1. The van der Waals surface area contributed by atoms with Crippen LogP contribution in [0.15, 0.2) is 0 Å². The Hall–Kier alpha value is -2.16. The summed E-state index contributed by atoms with van der Waals surface area (Å²) in [6, 6.07) is -1.45. The average Bonchev–Trinajstić information content (AvgIpc) is 3.19. The molecule has 0 radical (unpaired) electrons. The third-order valence-corrected chi connectivity index (χ3v) is 4.30. The minimum atomic E-state index is -1.01. The molecule has 0 aromatic heterocycles. The van der Waals surface area contributed by atoms with Crippen LogP contribution in [0.4, 0.5) is 0 Å². The van der Waals surface area contributed by atoms with E-state index in [9.17, 15) is 24.3 Å². The number of carbonyl (C=O) groups excluding carboxylic acids is 3. The summed E-state index contributed by atoms with van der Waals surface area (Å²) < 4.78 is 0. The molecule has 0 aromatic carbocycles. The van der Waals surface area contributed by atoms with Crippen LogP contribution in [0.25, 0.3) is 0 Å². The summed E-state index contributed by atoms with van der Waals surface area (Å²) in [6.07, 6.45) is 2.28. The van der Waals surface area contributed by atoms with E-state index in [1.54, 1.807) is 0 Å². The highest BCUT2D eigenvalue weighted by molar-refractivity contribution is 5.92. The van der Waals surface area contributed by atoms with E-state index in [1.807, 2.05) is 0 Å². The zero-order valence-electron chi connectivity index (χ0n) is 12.9. The molecule has 23 heavy (non-hydrogen) atoms. The Kier molecular flexibility index (Phi) is 5.54. The normalized spacial score (nSPS) is 23.9. The maximum Gasteiger partial charge on any atom is 0.326 e. The molecule has 2 heterocycles. The molecule has 2 rings (SSSR count). The second-order valence-corrected chi connectivity index (χ2v) is 5.75. The van der Waals surface area contributed by atoms with Crippen molar-refractivity contribution in [1.82, 2.24) is 15.1 Å². The van der Waals surface area contributed by atoms with E-state index in [1.165, 1.54) is 9.80 Å². The summed E-state index contributed by atoms with van der Waals surface area (Å²) in [6.45, 7) is 0.420. The van der Waals surface area contributed by atoms with E-state index in [4.69, 9.17) is 5.73 Å². The van der Waals surface area contributed by atoms with Crippen molar-refractivity contribution in [2.75, 3.05) is 26.2 Å². The minimum absolute atomic E-state index is 0.205. The van der Waals surface area contributed by atoms with Gasteiger partial charge in [0.15, 0.2) is 0 Å². The van der Waals surface area contributed by atoms with Gasteiger partial charge in [-0.3, -0.25) is 14.4 Å². The monoisotopic (exact) mass is 326 g/mol. The van der Waals surface area contributed by atoms with E-state index >= 15 is 0 Å². The summed E-state index contributed by atoms with van der Waals surface area (Å²) in [5.41, 5.74) is 5.16. The summed E-state index contributed by atoms with van der Waals surface area (Å²) in [5, 5.41) is 11.6. The molecule has 9 heteroatoms. The highest BCUT2D eigenvalue weighted by Gasteiger charge is 2.41. The fraction of sp³-hybridized carbons (Fsp3) is 0.714. The second-order valence-electron chi connectivity index (χ2n) is 5.75. The van der Waals surface area contributed by atoms with Gasteiger partial charge in [-0.2, -0.15) is 0 Å². The molecule has 2 aliphatic heterocycles. The first-order valence-electron chi connectivity index (χ1n) is 7.75. The first-order chi connectivity index (χ1) is 11.0. The van der Waals surface area contributed by atoms with Gasteiger partial charge in [-0.05, 0) is 25.7 Å². The Morgan fingerprint density at radius 3 is 2.26 bits per heavy atom. The number of carbonyl (C=O) groups is 4.